The first-order valence-corrected chi connectivity index (χ1v) is 10.8. The number of anilines is 1. The van der Waals surface area contributed by atoms with E-state index in [9.17, 15) is 14.4 Å². The molecule has 0 saturated heterocycles. The number of nitrogens with one attached hydrogen (secondary N) is 1. The number of hydrogen-bond donors (Lipinski definition) is 1. The smallest absolute Gasteiger partial charge is 0.266 e. The Labute approximate surface area is 203 Å². The number of carbonyl (C=O) groups is 1. The molecule has 0 aliphatic rings. The molecular weight excluding hydrogens is 546 g/mol. The molecule has 1 amide bonds. The van der Waals surface area contributed by atoms with Gasteiger partial charge in [-0.1, -0.05) is 29.8 Å². The van der Waals surface area contributed by atoms with E-state index in [4.69, 9.17) is 21.1 Å². The summed E-state index contributed by atoms with van der Waals surface area (Å²) in [6, 6.07) is 18.2. The van der Waals surface area contributed by atoms with E-state index in [-0.39, 0.29) is 23.0 Å². The van der Waals surface area contributed by atoms with Crippen molar-refractivity contribution in [2.24, 2.45) is 0 Å². The zero-order valence-corrected chi connectivity index (χ0v) is 19.8. The molecule has 0 unspecified atom stereocenters. The van der Waals surface area contributed by atoms with Crippen LogP contribution in [0, 0.1) is 20.7 Å². The van der Waals surface area contributed by atoms with Crippen molar-refractivity contribution in [1.29, 1.82) is 5.26 Å². The Kier molecular flexibility index (Phi) is 8.09. The van der Waals surface area contributed by atoms with Crippen LogP contribution < -0.4 is 14.8 Å². The minimum atomic E-state index is -0.541. The number of hydrogen-bond acceptors (Lipinski definition) is 4. The van der Waals surface area contributed by atoms with E-state index in [0.717, 1.165) is 9.13 Å². The number of halogens is 3. The van der Waals surface area contributed by atoms with Crippen LogP contribution in [0.25, 0.3) is 6.08 Å². The summed E-state index contributed by atoms with van der Waals surface area (Å²) in [5.41, 5.74) is 1.74. The molecule has 0 heterocycles. The standard InChI is InChI=1S/C24H17ClFIN2O3/c1-31-22-11-16(9-17(13-28)24(30)29-20-4-2-3-19(27)12-20)10-21(25)23(22)32-14-15-5-7-18(26)8-6-15/h2-12H,14H2,1H3,(H,29,30)/b17-9+. The van der Waals surface area contributed by atoms with Gasteiger partial charge in [0.25, 0.3) is 5.91 Å². The largest absolute Gasteiger partial charge is 0.493 e. The second-order valence-electron chi connectivity index (χ2n) is 6.58. The second kappa shape index (κ2) is 11.0. The van der Waals surface area contributed by atoms with Crippen LogP contribution in [0.1, 0.15) is 11.1 Å². The number of benzene rings is 3. The third-order valence-corrected chi connectivity index (χ3v) is 5.26. The first-order valence-electron chi connectivity index (χ1n) is 9.33. The van der Waals surface area contributed by atoms with Crippen LogP contribution in [0.3, 0.4) is 0 Å². The number of nitriles is 1. The van der Waals surface area contributed by atoms with Gasteiger partial charge in [-0.15, -0.1) is 0 Å². The molecule has 0 fully saturated rings. The van der Waals surface area contributed by atoms with E-state index in [1.54, 1.807) is 36.4 Å². The van der Waals surface area contributed by atoms with Gasteiger partial charge in [-0.05, 0) is 82.3 Å². The van der Waals surface area contributed by atoms with Crippen LogP contribution in [-0.4, -0.2) is 13.0 Å². The fourth-order valence-corrected chi connectivity index (χ4v) is 3.60. The van der Waals surface area contributed by atoms with E-state index in [1.165, 1.54) is 25.3 Å². The van der Waals surface area contributed by atoms with Crippen LogP contribution in [0.2, 0.25) is 5.02 Å². The molecule has 5 nitrogen and oxygen atoms in total. The lowest BCUT2D eigenvalue weighted by Gasteiger charge is -2.13. The summed E-state index contributed by atoms with van der Waals surface area (Å²) in [7, 11) is 1.46. The second-order valence-corrected chi connectivity index (χ2v) is 8.24. The highest BCUT2D eigenvalue weighted by Gasteiger charge is 2.15. The lowest BCUT2D eigenvalue weighted by Crippen LogP contribution is -2.13. The predicted molar refractivity (Wildman–Crippen MR) is 130 cm³/mol. The van der Waals surface area contributed by atoms with Crippen molar-refractivity contribution in [3.05, 3.63) is 91.8 Å². The summed E-state index contributed by atoms with van der Waals surface area (Å²) in [5, 5.41) is 12.4. The molecular formula is C24H17ClFIN2O3. The zero-order chi connectivity index (χ0) is 23.1. The van der Waals surface area contributed by atoms with Crippen LogP contribution in [0.5, 0.6) is 11.5 Å². The molecule has 8 heteroatoms. The van der Waals surface area contributed by atoms with Crippen LogP contribution in [0.15, 0.2) is 66.2 Å². The van der Waals surface area contributed by atoms with Crippen LogP contribution in [-0.2, 0) is 11.4 Å². The van der Waals surface area contributed by atoms with Gasteiger partial charge in [-0.3, -0.25) is 4.79 Å². The van der Waals surface area contributed by atoms with Crippen molar-refractivity contribution in [2.45, 2.75) is 6.61 Å². The Morgan fingerprint density at radius 2 is 1.97 bits per heavy atom. The van der Waals surface area contributed by atoms with E-state index in [1.807, 2.05) is 18.2 Å². The molecule has 0 aromatic heterocycles. The number of ether oxygens (including phenoxy) is 2. The summed E-state index contributed by atoms with van der Waals surface area (Å²) in [4.78, 5) is 12.5. The molecule has 3 aromatic rings. The summed E-state index contributed by atoms with van der Waals surface area (Å²) in [6.45, 7) is 0.160. The number of nitrogens with zero attached hydrogens (tertiary/aromatic N) is 1. The minimum absolute atomic E-state index is 0.0954. The minimum Gasteiger partial charge on any atom is -0.493 e. The highest BCUT2D eigenvalue weighted by atomic mass is 127. The maximum absolute atomic E-state index is 13.1. The molecule has 3 aromatic carbocycles. The fraction of sp³-hybridized carbons (Fsp3) is 0.0833. The summed E-state index contributed by atoms with van der Waals surface area (Å²) < 4.78 is 25.2. The van der Waals surface area contributed by atoms with E-state index < -0.39 is 5.91 Å². The van der Waals surface area contributed by atoms with Crippen molar-refractivity contribution in [2.75, 3.05) is 12.4 Å². The van der Waals surface area contributed by atoms with Gasteiger partial charge in [0.1, 0.15) is 24.1 Å². The molecule has 32 heavy (non-hydrogen) atoms. The maximum atomic E-state index is 13.1. The number of methoxy groups -OCH3 is 1. The van der Waals surface area contributed by atoms with Crippen LogP contribution >= 0.6 is 34.2 Å². The van der Waals surface area contributed by atoms with Gasteiger partial charge in [0, 0.05) is 9.26 Å². The average molecular weight is 563 g/mol. The normalized spacial score (nSPS) is 10.9. The molecule has 0 radical (unpaired) electrons. The zero-order valence-electron chi connectivity index (χ0n) is 16.9. The Balaban J connectivity index is 1.81. The van der Waals surface area contributed by atoms with Gasteiger partial charge in [0.2, 0.25) is 0 Å². The molecule has 0 spiro atoms. The fourth-order valence-electron chi connectivity index (χ4n) is 2.78. The van der Waals surface area contributed by atoms with Crippen molar-refractivity contribution >= 4 is 51.9 Å². The monoisotopic (exact) mass is 562 g/mol. The number of carbonyl (C=O) groups excluding carboxylic acids is 1. The molecule has 0 saturated carbocycles. The highest BCUT2D eigenvalue weighted by molar-refractivity contribution is 14.1. The van der Waals surface area contributed by atoms with Gasteiger partial charge in [-0.25, -0.2) is 4.39 Å². The Hall–Kier alpha value is -3.09. The lowest BCUT2D eigenvalue weighted by atomic mass is 10.1. The van der Waals surface area contributed by atoms with E-state index >= 15 is 0 Å². The Morgan fingerprint density at radius 3 is 2.62 bits per heavy atom. The van der Waals surface area contributed by atoms with Crippen molar-refractivity contribution in [3.63, 3.8) is 0 Å². The van der Waals surface area contributed by atoms with Crippen molar-refractivity contribution in [3.8, 4) is 17.6 Å². The van der Waals surface area contributed by atoms with E-state index in [2.05, 4.69) is 27.9 Å². The van der Waals surface area contributed by atoms with Gasteiger partial charge >= 0.3 is 0 Å². The van der Waals surface area contributed by atoms with E-state index in [0.29, 0.717) is 22.7 Å². The highest BCUT2D eigenvalue weighted by Crippen LogP contribution is 2.37. The quantitative estimate of drug-likeness (QED) is 0.211. The summed E-state index contributed by atoms with van der Waals surface area (Å²) in [5.74, 6) is -0.236. The summed E-state index contributed by atoms with van der Waals surface area (Å²) in [6.07, 6.45) is 1.42. The molecule has 1 N–H and O–H groups in total. The van der Waals surface area contributed by atoms with Gasteiger partial charge < -0.3 is 14.8 Å². The Morgan fingerprint density at radius 1 is 1.22 bits per heavy atom. The number of rotatable bonds is 7. The van der Waals surface area contributed by atoms with Gasteiger partial charge in [0.05, 0.1) is 12.1 Å². The average Bonchev–Trinajstić information content (AvgIpc) is 2.77. The van der Waals surface area contributed by atoms with Crippen molar-refractivity contribution < 1.29 is 18.7 Å². The molecule has 0 aliphatic carbocycles. The summed E-state index contributed by atoms with van der Waals surface area (Å²) >= 11 is 8.52. The predicted octanol–water partition coefficient (Wildman–Crippen LogP) is 6.22. The molecule has 0 bridgehead atoms. The lowest BCUT2D eigenvalue weighted by molar-refractivity contribution is -0.112. The van der Waals surface area contributed by atoms with Gasteiger partial charge in [-0.2, -0.15) is 5.26 Å². The maximum Gasteiger partial charge on any atom is 0.266 e. The van der Waals surface area contributed by atoms with Gasteiger partial charge in [0.15, 0.2) is 11.5 Å². The SMILES string of the molecule is COc1cc(/C=C(\C#N)C(=O)Nc2cccc(I)c2)cc(Cl)c1OCc1ccc(F)cc1. The third kappa shape index (κ3) is 6.22. The molecule has 0 aliphatic heterocycles. The molecule has 3 rings (SSSR count). The topological polar surface area (TPSA) is 71.3 Å². The first-order chi connectivity index (χ1) is 15.4. The molecule has 162 valence electrons. The first kappa shape index (κ1) is 23.6. The van der Waals surface area contributed by atoms with Crippen LogP contribution in [0.4, 0.5) is 10.1 Å². The Bertz CT molecular complexity index is 1210. The van der Waals surface area contributed by atoms with Crippen molar-refractivity contribution in [1.82, 2.24) is 0 Å². The number of amides is 1. The third-order valence-electron chi connectivity index (χ3n) is 4.31. The molecule has 0 atom stereocenters.